The summed E-state index contributed by atoms with van der Waals surface area (Å²) in [7, 11) is 2.15. The van der Waals surface area contributed by atoms with Gasteiger partial charge in [-0.3, -0.25) is 4.79 Å². The Hall–Kier alpha value is -0.610. The van der Waals surface area contributed by atoms with Crippen molar-refractivity contribution >= 4 is 5.91 Å². The van der Waals surface area contributed by atoms with Crippen LogP contribution in [0.25, 0.3) is 0 Å². The Bertz CT molecular complexity index is 249. The van der Waals surface area contributed by atoms with E-state index in [9.17, 15) is 4.79 Å². The largest absolute Gasteiger partial charge is 0.350 e. The highest BCUT2D eigenvalue weighted by atomic mass is 16.2. The number of nitrogens with zero attached hydrogens (tertiary/aromatic N) is 1. The summed E-state index contributed by atoms with van der Waals surface area (Å²) in [6, 6.07) is 0.796. The molecule has 17 heavy (non-hydrogen) atoms. The average molecular weight is 241 g/mol. The van der Waals surface area contributed by atoms with Crippen molar-refractivity contribution in [1.29, 1.82) is 0 Å². The van der Waals surface area contributed by atoms with Gasteiger partial charge in [0.15, 0.2) is 0 Å². The van der Waals surface area contributed by atoms with Crippen molar-refractivity contribution in [3.05, 3.63) is 0 Å². The topological polar surface area (TPSA) is 44.4 Å². The molecule has 1 rings (SSSR count). The molecule has 4 heteroatoms. The standard InChI is InChI=1S/C13H27N3O/c1-5-13(2,3)15-12(17)10-14-8-9-16(4)11-6-7-11/h11,14H,5-10H2,1-4H3,(H,15,17). The fourth-order valence-corrected chi connectivity index (χ4v) is 1.67. The van der Waals surface area contributed by atoms with E-state index in [-0.39, 0.29) is 11.4 Å². The number of hydrogen-bond acceptors (Lipinski definition) is 3. The van der Waals surface area contributed by atoms with Crippen LogP contribution in [0.3, 0.4) is 0 Å². The van der Waals surface area contributed by atoms with Gasteiger partial charge in [0, 0.05) is 24.7 Å². The Morgan fingerprint density at radius 1 is 1.41 bits per heavy atom. The second-order valence-corrected chi connectivity index (χ2v) is 5.67. The molecule has 0 aromatic carbocycles. The fourth-order valence-electron chi connectivity index (χ4n) is 1.67. The van der Waals surface area contributed by atoms with E-state index in [1.165, 1.54) is 12.8 Å². The van der Waals surface area contributed by atoms with Gasteiger partial charge in [0.25, 0.3) is 0 Å². The molecule has 2 N–H and O–H groups in total. The van der Waals surface area contributed by atoms with E-state index < -0.39 is 0 Å². The number of hydrogen-bond donors (Lipinski definition) is 2. The summed E-state index contributed by atoms with van der Waals surface area (Å²) in [5, 5.41) is 6.21. The van der Waals surface area contributed by atoms with Crippen LogP contribution in [0.1, 0.15) is 40.0 Å². The summed E-state index contributed by atoms with van der Waals surface area (Å²) in [5.41, 5.74) is -0.0937. The molecule has 0 saturated heterocycles. The summed E-state index contributed by atoms with van der Waals surface area (Å²) in [6.07, 6.45) is 3.62. The Morgan fingerprint density at radius 2 is 2.06 bits per heavy atom. The van der Waals surface area contributed by atoms with Crippen LogP contribution in [0, 0.1) is 0 Å². The summed E-state index contributed by atoms with van der Waals surface area (Å²) in [6.45, 7) is 8.50. The molecule has 0 aromatic heterocycles. The average Bonchev–Trinajstić information content (AvgIpc) is 3.07. The molecule has 0 aliphatic heterocycles. The van der Waals surface area contributed by atoms with Gasteiger partial charge in [-0.15, -0.1) is 0 Å². The zero-order chi connectivity index (χ0) is 12.9. The van der Waals surface area contributed by atoms with Crippen LogP contribution in [0.2, 0.25) is 0 Å². The lowest BCUT2D eigenvalue weighted by Crippen LogP contribution is -2.47. The van der Waals surface area contributed by atoms with E-state index in [0.717, 1.165) is 25.6 Å². The Labute approximate surface area is 105 Å². The van der Waals surface area contributed by atoms with Gasteiger partial charge in [-0.05, 0) is 40.2 Å². The first-order chi connectivity index (χ1) is 7.94. The van der Waals surface area contributed by atoms with E-state index in [2.05, 4.69) is 29.5 Å². The van der Waals surface area contributed by atoms with E-state index in [0.29, 0.717) is 6.54 Å². The Morgan fingerprint density at radius 3 is 2.59 bits per heavy atom. The van der Waals surface area contributed by atoms with E-state index in [1.807, 2.05) is 13.8 Å². The van der Waals surface area contributed by atoms with Gasteiger partial charge in [0.05, 0.1) is 6.54 Å². The molecule has 1 aliphatic rings. The molecular weight excluding hydrogens is 214 g/mol. The summed E-state index contributed by atoms with van der Waals surface area (Å²) in [4.78, 5) is 14.0. The normalized spacial score (nSPS) is 16.3. The van der Waals surface area contributed by atoms with Gasteiger partial charge in [0.2, 0.25) is 5.91 Å². The summed E-state index contributed by atoms with van der Waals surface area (Å²) in [5.74, 6) is 0.0888. The lowest BCUT2D eigenvalue weighted by atomic mass is 10.0. The maximum Gasteiger partial charge on any atom is 0.234 e. The van der Waals surface area contributed by atoms with Gasteiger partial charge in [0.1, 0.15) is 0 Å². The molecule has 0 unspecified atom stereocenters. The lowest BCUT2D eigenvalue weighted by molar-refractivity contribution is -0.121. The molecule has 0 aromatic rings. The molecule has 0 atom stereocenters. The highest BCUT2D eigenvalue weighted by Gasteiger charge is 2.25. The van der Waals surface area contributed by atoms with Gasteiger partial charge in [-0.25, -0.2) is 0 Å². The first-order valence-electron chi connectivity index (χ1n) is 6.66. The minimum Gasteiger partial charge on any atom is -0.350 e. The quantitative estimate of drug-likeness (QED) is 0.623. The lowest BCUT2D eigenvalue weighted by Gasteiger charge is -2.24. The number of carbonyl (C=O) groups is 1. The number of amides is 1. The predicted molar refractivity (Wildman–Crippen MR) is 71.0 cm³/mol. The molecule has 0 heterocycles. The molecule has 0 bridgehead atoms. The Kier molecular flexibility index (Phi) is 5.40. The van der Waals surface area contributed by atoms with Crippen molar-refractivity contribution in [2.45, 2.75) is 51.6 Å². The molecule has 1 saturated carbocycles. The minimum atomic E-state index is -0.0937. The molecule has 1 aliphatic carbocycles. The molecule has 0 spiro atoms. The van der Waals surface area contributed by atoms with Crippen LogP contribution >= 0.6 is 0 Å². The van der Waals surface area contributed by atoms with Crippen molar-refractivity contribution in [3.8, 4) is 0 Å². The highest BCUT2D eigenvalue weighted by molar-refractivity contribution is 5.78. The van der Waals surface area contributed by atoms with Gasteiger partial charge in [-0.2, -0.15) is 0 Å². The van der Waals surface area contributed by atoms with Crippen LogP contribution in [-0.4, -0.2) is 49.1 Å². The number of nitrogens with one attached hydrogen (secondary N) is 2. The van der Waals surface area contributed by atoms with Crippen molar-refractivity contribution in [1.82, 2.24) is 15.5 Å². The van der Waals surface area contributed by atoms with Gasteiger partial charge >= 0.3 is 0 Å². The van der Waals surface area contributed by atoms with Gasteiger partial charge < -0.3 is 15.5 Å². The molecule has 4 nitrogen and oxygen atoms in total. The molecule has 1 amide bonds. The SMILES string of the molecule is CCC(C)(C)NC(=O)CNCCN(C)C1CC1. The van der Waals surface area contributed by atoms with Gasteiger partial charge in [-0.1, -0.05) is 6.92 Å². The number of likely N-dealkylation sites (N-methyl/N-ethyl adjacent to an activating group) is 1. The molecule has 0 radical (unpaired) electrons. The van der Waals surface area contributed by atoms with E-state index in [4.69, 9.17) is 0 Å². The second-order valence-electron chi connectivity index (χ2n) is 5.67. The van der Waals surface area contributed by atoms with Crippen molar-refractivity contribution in [2.75, 3.05) is 26.7 Å². The van der Waals surface area contributed by atoms with E-state index >= 15 is 0 Å². The van der Waals surface area contributed by atoms with Crippen LogP contribution in [0.15, 0.2) is 0 Å². The van der Waals surface area contributed by atoms with Crippen molar-refractivity contribution in [2.24, 2.45) is 0 Å². The number of carbonyl (C=O) groups excluding carboxylic acids is 1. The smallest absolute Gasteiger partial charge is 0.234 e. The predicted octanol–water partition coefficient (Wildman–Crippen LogP) is 0.975. The summed E-state index contributed by atoms with van der Waals surface area (Å²) >= 11 is 0. The molecule has 100 valence electrons. The first kappa shape index (κ1) is 14.5. The molecular formula is C13H27N3O. The molecule has 1 fully saturated rings. The zero-order valence-electron chi connectivity index (χ0n) is 11.7. The van der Waals surface area contributed by atoms with E-state index in [1.54, 1.807) is 0 Å². The minimum absolute atomic E-state index is 0.0888. The first-order valence-corrected chi connectivity index (χ1v) is 6.66. The van der Waals surface area contributed by atoms with Crippen LogP contribution in [0.5, 0.6) is 0 Å². The monoisotopic (exact) mass is 241 g/mol. The maximum absolute atomic E-state index is 11.6. The van der Waals surface area contributed by atoms with Crippen molar-refractivity contribution < 1.29 is 4.79 Å². The third kappa shape index (κ3) is 6.03. The maximum atomic E-state index is 11.6. The zero-order valence-corrected chi connectivity index (χ0v) is 11.7. The fraction of sp³-hybridized carbons (Fsp3) is 0.923. The second kappa shape index (κ2) is 6.36. The Balaban J connectivity index is 2.03. The highest BCUT2D eigenvalue weighted by Crippen LogP contribution is 2.24. The van der Waals surface area contributed by atoms with Crippen molar-refractivity contribution in [3.63, 3.8) is 0 Å². The summed E-state index contributed by atoms with van der Waals surface area (Å²) < 4.78 is 0. The third-order valence-electron chi connectivity index (χ3n) is 3.46. The van der Waals surface area contributed by atoms with Crippen LogP contribution in [-0.2, 0) is 4.79 Å². The van der Waals surface area contributed by atoms with Crippen LogP contribution in [0.4, 0.5) is 0 Å². The van der Waals surface area contributed by atoms with Crippen LogP contribution < -0.4 is 10.6 Å². The number of rotatable bonds is 8. The third-order valence-corrected chi connectivity index (χ3v) is 3.46.